The van der Waals surface area contributed by atoms with Crippen molar-refractivity contribution >= 4 is 21.4 Å². The van der Waals surface area contributed by atoms with E-state index in [1.165, 1.54) is 4.88 Å². The predicted octanol–water partition coefficient (Wildman–Crippen LogP) is 1.73. The largest absolute Gasteiger partial charge is 0.308 e. The summed E-state index contributed by atoms with van der Waals surface area (Å²) in [7, 11) is -3.11. The molecule has 0 bridgehead atoms. The smallest absolute Gasteiger partial charge is 0.212 e. The Hall–Kier alpha value is -0.430. The summed E-state index contributed by atoms with van der Waals surface area (Å²) in [6.07, 6.45) is 0.960. The van der Waals surface area contributed by atoms with E-state index < -0.39 is 10.0 Å². The maximum Gasteiger partial charge on any atom is 0.212 e. The first-order valence-corrected chi connectivity index (χ1v) is 8.36. The molecule has 1 unspecified atom stereocenters. The summed E-state index contributed by atoms with van der Waals surface area (Å²) in [5.41, 5.74) is 0. The fraction of sp³-hybridized carbons (Fsp3) is 0.636. The van der Waals surface area contributed by atoms with Crippen molar-refractivity contribution in [2.24, 2.45) is 0 Å². The molecule has 6 heteroatoms. The molecule has 0 amide bonds. The van der Waals surface area contributed by atoms with Crippen molar-refractivity contribution in [1.29, 1.82) is 0 Å². The first kappa shape index (κ1) is 14.6. The summed E-state index contributed by atoms with van der Waals surface area (Å²) in [6, 6.07) is 4.34. The Morgan fingerprint density at radius 1 is 1.41 bits per heavy atom. The third kappa shape index (κ3) is 5.16. The van der Waals surface area contributed by atoms with Gasteiger partial charge in [0.05, 0.1) is 5.75 Å². The van der Waals surface area contributed by atoms with Gasteiger partial charge in [-0.3, -0.25) is 0 Å². The van der Waals surface area contributed by atoms with Crippen LogP contribution in [-0.2, 0) is 10.0 Å². The maximum atomic E-state index is 11.4. The zero-order valence-corrected chi connectivity index (χ0v) is 11.9. The second kappa shape index (κ2) is 7.10. The van der Waals surface area contributed by atoms with Crippen LogP contribution in [-0.4, -0.2) is 27.3 Å². The lowest BCUT2D eigenvalue weighted by Crippen LogP contribution is -2.33. The van der Waals surface area contributed by atoms with Crippen molar-refractivity contribution in [1.82, 2.24) is 10.0 Å². The molecule has 0 aliphatic heterocycles. The molecule has 0 saturated heterocycles. The SMILES string of the molecule is CCNS(=O)(=O)CCNC(CC)c1cccs1. The molecular weight excluding hydrogens is 256 g/mol. The van der Waals surface area contributed by atoms with Crippen LogP contribution >= 0.6 is 11.3 Å². The monoisotopic (exact) mass is 276 g/mol. The minimum Gasteiger partial charge on any atom is -0.308 e. The highest BCUT2D eigenvalue weighted by Gasteiger charge is 2.12. The van der Waals surface area contributed by atoms with Gasteiger partial charge < -0.3 is 5.32 Å². The van der Waals surface area contributed by atoms with Crippen LogP contribution in [0.15, 0.2) is 17.5 Å². The maximum absolute atomic E-state index is 11.4. The van der Waals surface area contributed by atoms with E-state index in [-0.39, 0.29) is 11.8 Å². The molecule has 0 spiro atoms. The summed E-state index contributed by atoms with van der Waals surface area (Å²) in [5.74, 6) is 0.128. The first-order chi connectivity index (χ1) is 8.09. The molecule has 0 radical (unpaired) electrons. The zero-order valence-electron chi connectivity index (χ0n) is 10.3. The molecule has 1 aromatic rings. The highest BCUT2D eigenvalue weighted by Crippen LogP contribution is 2.21. The lowest BCUT2D eigenvalue weighted by Gasteiger charge is -2.15. The second-order valence-electron chi connectivity index (χ2n) is 3.75. The average Bonchev–Trinajstić information content (AvgIpc) is 2.77. The number of nitrogens with one attached hydrogen (secondary N) is 2. The molecule has 1 atom stereocenters. The van der Waals surface area contributed by atoms with Gasteiger partial charge in [-0.1, -0.05) is 19.9 Å². The number of sulfonamides is 1. The second-order valence-corrected chi connectivity index (χ2v) is 6.65. The lowest BCUT2D eigenvalue weighted by atomic mass is 10.2. The van der Waals surface area contributed by atoms with Gasteiger partial charge in [-0.25, -0.2) is 13.1 Å². The van der Waals surface area contributed by atoms with E-state index in [0.29, 0.717) is 13.1 Å². The molecule has 1 aromatic heterocycles. The van der Waals surface area contributed by atoms with Gasteiger partial charge in [0.1, 0.15) is 0 Å². The van der Waals surface area contributed by atoms with Gasteiger partial charge in [0.15, 0.2) is 0 Å². The van der Waals surface area contributed by atoms with Crippen LogP contribution in [0.2, 0.25) is 0 Å². The molecule has 1 heterocycles. The average molecular weight is 276 g/mol. The highest BCUT2D eigenvalue weighted by molar-refractivity contribution is 7.89. The van der Waals surface area contributed by atoms with Crippen molar-refractivity contribution in [3.8, 4) is 0 Å². The van der Waals surface area contributed by atoms with Crippen LogP contribution in [0.5, 0.6) is 0 Å². The van der Waals surface area contributed by atoms with Crippen LogP contribution in [0.1, 0.15) is 31.2 Å². The molecule has 17 heavy (non-hydrogen) atoms. The zero-order chi connectivity index (χ0) is 12.7. The lowest BCUT2D eigenvalue weighted by molar-refractivity contribution is 0.535. The quantitative estimate of drug-likeness (QED) is 0.760. The third-order valence-corrected chi connectivity index (χ3v) is 4.88. The Morgan fingerprint density at radius 2 is 2.18 bits per heavy atom. The van der Waals surface area contributed by atoms with Gasteiger partial charge in [-0.15, -0.1) is 11.3 Å². The third-order valence-electron chi connectivity index (χ3n) is 2.42. The first-order valence-electron chi connectivity index (χ1n) is 5.83. The van der Waals surface area contributed by atoms with E-state index in [9.17, 15) is 8.42 Å². The molecule has 0 aliphatic rings. The normalized spacial score (nSPS) is 13.8. The van der Waals surface area contributed by atoms with Crippen molar-refractivity contribution in [2.75, 3.05) is 18.8 Å². The van der Waals surface area contributed by atoms with Gasteiger partial charge >= 0.3 is 0 Å². The molecule has 0 aliphatic carbocycles. The van der Waals surface area contributed by atoms with Gasteiger partial charge in [0, 0.05) is 24.0 Å². The molecule has 98 valence electrons. The van der Waals surface area contributed by atoms with E-state index >= 15 is 0 Å². The number of hydrogen-bond acceptors (Lipinski definition) is 4. The number of hydrogen-bond donors (Lipinski definition) is 2. The summed E-state index contributed by atoms with van der Waals surface area (Å²) in [4.78, 5) is 1.26. The van der Waals surface area contributed by atoms with Crippen LogP contribution in [0.25, 0.3) is 0 Å². The predicted molar refractivity (Wildman–Crippen MR) is 72.8 cm³/mol. The molecular formula is C11H20N2O2S2. The van der Waals surface area contributed by atoms with Gasteiger partial charge in [0.25, 0.3) is 0 Å². The Balaban J connectivity index is 2.39. The van der Waals surface area contributed by atoms with E-state index in [4.69, 9.17) is 0 Å². The summed E-state index contributed by atoms with van der Waals surface area (Å²) in [6.45, 7) is 4.80. The van der Waals surface area contributed by atoms with Crippen molar-refractivity contribution in [3.63, 3.8) is 0 Å². The fourth-order valence-electron chi connectivity index (χ4n) is 1.60. The molecule has 1 rings (SSSR count). The minimum absolute atomic E-state index is 0.128. The van der Waals surface area contributed by atoms with E-state index in [1.54, 1.807) is 18.3 Å². The molecule has 2 N–H and O–H groups in total. The van der Waals surface area contributed by atoms with Crippen molar-refractivity contribution in [2.45, 2.75) is 26.3 Å². The standard InChI is InChI=1S/C11H20N2O2S2/c1-3-10(11-6-5-8-16-11)12-7-9-17(14,15)13-4-2/h5-6,8,10,12-13H,3-4,7,9H2,1-2H3. The van der Waals surface area contributed by atoms with E-state index in [1.807, 2.05) is 11.4 Å². The Bertz CT molecular complexity index is 401. The highest BCUT2D eigenvalue weighted by atomic mass is 32.2. The summed E-state index contributed by atoms with van der Waals surface area (Å²) < 4.78 is 25.4. The number of rotatable bonds is 8. The van der Waals surface area contributed by atoms with Crippen LogP contribution in [0.3, 0.4) is 0 Å². The van der Waals surface area contributed by atoms with Gasteiger partial charge in [0.2, 0.25) is 10.0 Å². The van der Waals surface area contributed by atoms with E-state index in [0.717, 1.165) is 6.42 Å². The van der Waals surface area contributed by atoms with Crippen molar-refractivity contribution < 1.29 is 8.42 Å². The van der Waals surface area contributed by atoms with Gasteiger partial charge in [-0.2, -0.15) is 0 Å². The summed E-state index contributed by atoms with van der Waals surface area (Å²) in [5, 5.41) is 5.31. The fourth-order valence-corrected chi connectivity index (χ4v) is 3.45. The minimum atomic E-state index is -3.11. The van der Waals surface area contributed by atoms with Gasteiger partial charge in [-0.05, 0) is 17.9 Å². The molecule has 0 aromatic carbocycles. The Morgan fingerprint density at radius 3 is 2.71 bits per heavy atom. The van der Waals surface area contributed by atoms with E-state index in [2.05, 4.69) is 23.0 Å². The Kier molecular flexibility index (Phi) is 6.11. The molecule has 4 nitrogen and oxygen atoms in total. The van der Waals surface area contributed by atoms with Crippen molar-refractivity contribution in [3.05, 3.63) is 22.4 Å². The van der Waals surface area contributed by atoms with Crippen LogP contribution in [0.4, 0.5) is 0 Å². The van der Waals surface area contributed by atoms with Crippen LogP contribution < -0.4 is 10.0 Å². The topological polar surface area (TPSA) is 58.2 Å². The number of thiophene rings is 1. The molecule has 0 saturated carbocycles. The molecule has 0 fully saturated rings. The van der Waals surface area contributed by atoms with Crippen LogP contribution in [0, 0.1) is 0 Å². The summed E-state index contributed by atoms with van der Waals surface area (Å²) >= 11 is 1.70. The Labute approximate surface area is 107 Å².